The van der Waals surface area contributed by atoms with E-state index in [1.54, 1.807) is 17.0 Å². The average Bonchev–Trinajstić information content (AvgIpc) is 2.53. The molecule has 0 saturated carbocycles. The molecule has 0 atom stereocenters. The Labute approximate surface area is 146 Å². The molecule has 1 amide bonds. The average molecular weight is 341 g/mol. The minimum atomic E-state index is -0.418. The Morgan fingerprint density at radius 2 is 2.12 bits per heavy atom. The smallest absolute Gasteiger partial charge is 0.243 e. The molecule has 0 saturated heterocycles. The molecule has 1 aromatic carbocycles. The molecule has 25 heavy (non-hydrogen) atoms. The summed E-state index contributed by atoms with van der Waals surface area (Å²) in [6.45, 7) is 6.69. The third-order valence-corrected chi connectivity index (χ3v) is 3.17. The summed E-state index contributed by atoms with van der Waals surface area (Å²) in [6, 6.07) is 9.26. The molecular weight excluding hydrogens is 321 g/mol. The first-order valence-corrected chi connectivity index (χ1v) is 7.80. The second-order valence-electron chi connectivity index (χ2n) is 6.83. The van der Waals surface area contributed by atoms with E-state index < -0.39 is 5.82 Å². The first kappa shape index (κ1) is 18.3. The van der Waals surface area contributed by atoms with Crippen molar-refractivity contribution in [1.29, 1.82) is 5.26 Å². The van der Waals surface area contributed by atoms with Gasteiger partial charge in [0.25, 0.3) is 0 Å². The fourth-order valence-electron chi connectivity index (χ4n) is 2.31. The maximum atomic E-state index is 13.2. The summed E-state index contributed by atoms with van der Waals surface area (Å²) in [4.78, 5) is 22.2. The fraction of sp³-hybridized carbons (Fsp3) is 0.333. The fourth-order valence-corrected chi connectivity index (χ4v) is 2.31. The summed E-state index contributed by atoms with van der Waals surface area (Å²) in [5.41, 5.74) is 0.290. The van der Waals surface area contributed by atoms with Gasteiger partial charge >= 0.3 is 0 Å². The Bertz CT molecular complexity index is 795. The standard InChI is InChI=1S/C18H20FN5O/c1-18(2,3)12-24(16-7-8-21-15(10-20)23-16)11-17(25)22-14-6-4-5-13(19)9-14/h4-9H,11-12H2,1-3H3,(H,22,25). The Morgan fingerprint density at radius 3 is 2.76 bits per heavy atom. The molecule has 1 aromatic heterocycles. The van der Waals surface area contributed by atoms with Crippen LogP contribution >= 0.6 is 0 Å². The van der Waals surface area contributed by atoms with Gasteiger partial charge in [-0.1, -0.05) is 26.8 Å². The monoisotopic (exact) mass is 341 g/mol. The molecule has 1 N–H and O–H groups in total. The van der Waals surface area contributed by atoms with E-state index in [1.165, 1.54) is 24.4 Å². The predicted octanol–water partition coefficient (Wildman–Crippen LogP) is 2.98. The van der Waals surface area contributed by atoms with Crippen LogP contribution in [0.15, 0.2) is 36.5 Å². The number of hydrogen-bond donors (Lipinski definition) is 1. The van der Waals surface area contributed by atoms with E-state index in [0.29, 0.717) is 18.1 Å². The summed E-state index contributed by atoms with van der Waals surface area (Å²) >= 11 is 0. The number of hydrogen-bond acceptors (Lipinski definition) is 5. The molecule has 0 bridgehead atoms. The van der Waals surface area contributed by atoms with Gasteiger partial charge in [0.1, 0.15) is 17.7 Å². The highest BCUT2D eigenvalue weighted by Gasteiger charge is 2.21. The van der Waals surface area contributed by atoms with Crippen molar-refractivity contribution in [2.24, 2.45) is 5.41 Å². The Morgan fingerprint density at radius 1 is 1.36 bits per heavy atom. The summed E-state index contributed by atoms with van der Waals surface area (Å²) in [6.07, 6.45) is 1.49. The van der Waals surface area contributed by atoms with Crippen LogP contribution in [-0.4, -0.2) is 29.0 Å². The Hall–Kier alpha value is -3.01. The number of nitriles is 1. The number of amides is 1. The van der Waals surface area contributed by atoms with Gasteiger partial charge in [0, 0.05) is 18.4 Å². The Kier molecular flexibility index (Phi) is 5.65. The molecule has 0 aliphatic rings. The quantitative estimate of drug-likeness (QED) is 0.904. The number of halogens is 1. The highest BCUT2D eigenvalue weighted by molar-refractivity contribution is 5.93. The van der Waals surface area contributed by atoms with Crippen LogP contribution in [-0.2, 0) is 4.79 Å². The predicted molar refractivity (Wildman–Crippen MR) is 93.4 cm³/mol. The van der Waals surface area contributed by atoms with Crippen LogP contribution in [0.3, 0.4) is 0 Å². The van der Waals surface area contributed by atoms with E-state index in [4.69, 9.17) is 5.26 Å². The summed E-state index contributed by atoms with van der Waals surface area (Å²) in [5.74, 6) is -0.177. The van der Waals surface area contributed by atoms with Crippen LogP contribution in [0.25, 0.3) is 0 Å². The molecule has 0 aliphatic carbocycles. The molecule has 0 aliphatic heterocycles. The van der Waals surface area contributed by atoms with Gasteiger partial charge in [-0.15, -0.1) is 0 Å². The highest BCUT2D eigenvalue weighted by atomic mass is 19.1. The number of carbonyl (C=O) groups excluding carboxylic acids is 1. The number of rotatable bonds is 5. The molecule has 1 heterocycles. The van der Waals surface area contributed by atoms with Crippen molar-refractivity contribution in [1.82, 2.24) is 9.97 Å². The zero-order valence-corrected chi connectivity index (χ0v) is 14.5. The van der Waals surface area contributed by atoms with Crippen molar-refractivity contribution in [3.8, 4) is 6.07 Å². The van der Waals surface area contributed by atoms with E-state index in [9.17, 15) is 9.18 Å². The van der Waals surface area contributed by atoms with E-state index in [2.05, 4.69) is 15.3 Å². The normalized spacial score (nSPS) is 10.8. The van der Waals surface area contributed by atoms with Crippen molar-refractivity contribution in [3.63, 3.8) is 0 Å². The zero-order valence-electron chi connectivity index (χ0n) is 14.5. The van der Waals surface area contributed by atoms with Gasteiger partial charge in [0.15, 0.2) is 0 Å². The molecule has 7 heteroatoms. The van der Waals surface area contributed by atoms with E-state index in [-0.39, 0.29) is 23.7 Å². The van der Waals surface area contributed by atoms with Crippen LogP contribution in [0.4, 0.5) is 15.9 Å². The lowest BCUT2D eigenvalue weighted by Crippen LogP contribution is -2.39. The van der Waals surface area contributed by atoms with Gasteiger partial charge < -0.3 is 10.2 Å². The second-order valence-corrected chi connectivity index (χ2v) is 6.83. The lowest BCUT2D eigenvalue weighted by atomic mass is 9.96. The summed E-state index contributed by atoms with van der Waals surface area (Å²) in [5, 5.41) is 11.6. The highest BCUT2D eigenvalue weighted by Crippen LogP contribution is 2.20. The molecule has 0 radical (unpaired) electrons. The van der Waals surface area contributed by atoms with Crippen LogP contribution in [0.2, 0.25) is 0 Å². The number of nitrogens with one attached hydrogen (secondary N) is 1. The lowest BCUT2D eigenvalue weighted by molar-refractivity contribution is -0.115. The molecule has 6 nitrogen and oxygen atoms in total. The van der Waals surface area contributed by atoms with Gasteiger partial charge in [-0.2, -0.15) is 5.26 Å². The maximum Gasteiger partial charge on any atom is 0.243 e. The number of benzene rings is 1. The number of anilines is 2. The van der Waals surface area contributed by atoms with Crippen LogP contribution in [0.5, 0.6) is 0 Å². The minimum absolute atomic E-state index is 0.0235. The van der Waals surface area contributed by atoms with Crippen molar-refractivity contribution in [2.45, 2.75) is 20.8 Å². The van der Waals surface area contributed by atoms with Crippen LogP contribution in [0.1, 0.15) is 26.6 Å². The van der Waals surface area contributed by atoms with Gasteiger partial charge in [-0.25, -0.2) is 14.4 Å². The van der Waals surface area contributed by atoms with Crippen LogP contribution in [0, 0.1) is 22.6 Å². The van der Waals surface area contributed by atoms with Crippen LogP contribution < -0.4 is 10.2 Å². The van der Waals surface area contributed by atoms with Gasteiger partial charge in [-0.05, 0) is 29.7 Å². The van der Waals surface area contributed by atoms with Gasteiger partial charge in [0.05, 0.1) is 6.54 Å². The SMILES string of the molecule is CC(C)(C)CN(CC(=O)Nc1cccc(F)c1)c1ccnc(C#N)n1. The molecule has 0 spiro atoms. The number of aromatic nitrogens is 2. The molecule has 0 fully saturated rings. The van der Waals surface area contributed by atoms with Gasteiger partial charge in [-0.3, -0.25) is 4.79 Å². The van der Waals surface area contributed by atoms with Gasteiger partial charge in [0.2, 0.25) is 11.7 Å². The summed E-state index contributed by atoms with van der Waals surface area (Å²) < 4.78 is 13.2. The lowest BCUT2D eigenvalue weighted by Gasteiger charge is -2.30. The van der Waals surface area contributed by atoms with E-state index in [1.807, 2.05) is 26.8 Å². The minimum Gasteiger partial charge on any atom is -0.347 e. The third kappa shape index (κ3) is 5.84. The summed E-state index contributed by atoms with van der Waals surface area (Å²) in [7, 11) is 0. The van der Waals surface area contributed by atoms with Crippen molar-refractivity contribution in [3.05, 3.63) is 48.2 Å². The molecule has 2 rings (SSSR count). The van der Waals surface area contributed by atoms with Crippen molar-refractivity contribution >= 4 is 17.4 Å². The second kappa shape index (κ2) is 7.71. The van der Waals surface area contributed by atoms with E-state index >= 15 is 0 Å². The third-order valence-electron chi connectivity index (χ3n) is 3.17. The van der Waals surface area contributed by atoms with Crippen molar-refractivity contribution < 1.29 is 9.18 Å². The first-order valence-electron chi connectivity index (χ1n) is 7.80. The first-order chi connectivity index (χ1) is 11.8. The maximum absolute atomic E-state index is 13.2. The largest absolute Gasteiger partial charge is 0.347 e. The Balaban J connectivity index is 2.18. The molecule has 2 aromatic rings. The molecule has 130 valence electrons. The number of nitrogens with zero attached hydrogens (tertiary/aromatic N) is 4. The number of carbonyl (C=O) groups is 1. The zero-order chi connectivity index (χ0) is 18.4. The van der Waals surface area contributed by atoms with Crippen molar-refractivity contribution in [2.75, 3.05) is 23.3 Å². The molecule has 0 unspecified atom stereocenters. The topological polar surface area (TPSA) is 81.9 Å². The molecular formula is C18H20FN5O. The van der Waals surface area contributed by atoms with E-state index in [0.717, 1.165) is 0 Å².